The van der Waals surface area contributed by atoms with E-state index in [0.717, 1.165) is 12.1 Å². The van der Waals surface area contributed by atoms with Gasteiger partial charge in [0, 0.05) is 43.8 Å². The number of hydrogen-bond donors (Lipinski definition) is 2. The molecular weight excluding hydrogens is 306 g/mol. The first-order valence-corrected chi connectivity index (χ1v) is 7.62. The van der Waals surface area contributed by atoms with Crippen LogP contribution in [0.25, 0.3) is 0 Å². The molecule has 2 amide bonds. The Morgan fingerprint density at radius 2 is 1.79 bits per heavy atom. The number of carbonyl (C=O) groups excluding carboxylic acids is 2. The maximum Gasteiger partial charge on any atom is 0.269 e. The summed E-state index contributed by atoms with van der Waals surface area (Å²) in [5.41, 5.74) is 1.58. The standard InChI is InChI=1S/C17H21N5O2/c1-22(2)10-9-20-17(24)15-11-14(5-8-19-15)16(23)21-12-13-3-6-18-7-4-13/h3-8,11H,9-10,12H2,1-2H3,(H,20,24)(H,21,23). The molecule has 0 saturated carbocycles. The van der Waals surface area contributed by atoms with Gasteiger partial charge in [0.1, 0.15) is 5.69 Å². The summed E-state index contributed by atoms with van der Waals surface area (Å²) in [5.74, 6) is -0.544. The second-order valence-electron chi connectivity index (χ2n) is 5.53. The molecule has 0 aromatic carbocycles. The van der Waals surface area contributed by atoms with Crippen molar-refractivity contribution >= 4 is 11.8 Å². The number of pyridine rings is 2. The maximum atomic E-state index is 12.2. The lowest BCUT2D eigenvalue weighted by atomic mass is 10.2. The van der Waals surface area contributed by atoms with Crippen molar-refractivity contribution < 1.29 is 9.59 Å². The molecule has 2 rings (SSSR count). The SMILES string of the molecule is CN(C)CCNC(=O)c1cc(C(=O)NCc2ccncc2)ccn1. The Labute approximate surface area is 141 Å². The van der Waals surface area contributed by atoms with E-state index in [1.807, 2.05) is 31.1 Å². The molecule has 7 heteroatoms. The van der Waals surface area contributed by atoms with E-state index in [9.17, 15) is 9.59 Å². The first kappa shape index (κ1) is 17.6. The number of likely N-dealkylation sites (N-methyl/N-ethyl adjacent to an activating group) is 1. The predicted octanol–water partition coefficient (Wildman–Crippen LogP) is 0.698. The Balaban J connectivity index is 1.93. The number of nitrogens with zero attached hydrogens (tertiary/aromatic N) is 3. The molecule has 7 nitrogen and oxygen atoms in total. The van der Waals surface area contributed by atoms with Gasteiger partial charge in [-0.15, -0.1) is 0 Å². The van der Waals surface area contributed by atoms with Crippen molar-refractivity contribution in [2.45, 2.75) is 6.54 Å². The fourth-order valence-electron chi connectivity index (χ4n) is 1.96. The van der Waals surface area contributed by atoms with Crippen molar-refractivity contribution in [2.24, 2.45) is 0 Å². The molecule has 126 valence electrons. The van der Waals surface area contributed by atoms with Crippen molar-refractivity contribution in [1.29, 1.82) is 0 Å². The maximum absolute atomic E-state index is 12.2. The van der Waals surface area contributed by atoms with Crippen LogP contribution in [0.15, 0.2) is 42.9 Å². The fourth-order valence-corrected chi connectivity index (χ4v) is 1.96. The minimum atomic E-state index is -0.291. The number of hydrogen-bond acceptors (Lipinski definition) is 5. The van der Waals surface area contributed by atoms with Crippen LogP contribution >= 0.6 is 0 Å². The summed E-state index contributed by atoms with van der Waals surface area (Å²) in [6, 6.07) is 6.73. The molecule has 24 heavy (non-hydrogen) atoms. The van der Waals surface area contributed by atoms with Crippen molar-refractivity contribution in [3.63, 3.8) is 0 Å². The van der Waals surface area contributed by atoms with Crippen LogP contribution in [-0.4, -0.2) is 53.9 Å². The van der Waals surface area contributed by atoms with E-state index in [1.165, 1.54) is 12.3 Å². The highest BCUT2D eigenvalue weighted by Gasteiger charge is 2.11. The van der Waals surface area contributed by atoms with E-state index in [2.05, 4.69) is 20.6 Å². The zero-order valence-electron chi connectivity index (χ0n) is 13.8. The average Bonchev–Trinajstić information content (AvgIpc) is 2.60. The molecule has 0 saturated heterocycles. The molecule has 2 aromatic rings. The summed E-state index contributed by atoms with van der Waals surface area (Å²) in [5, 5.41) is 5.58. The molecule has 2 heterocycles. The summed E-state index contributed by atoms with van der Waals surface area (Å²) in [6.07, 6.45) is 4.80. The molecule has 0 aliphatic heterocycles. The van der Waals surface area contributed by atoms with E-state index in [0.29, 0.717) is 18.7 Å². The van der Waals surface area contributed by atoms with Gasteiger partial charge in [0.15, 0.2) is 0 Å². The van der Waals surface area contributed by atoms with Crippen molar-refractivity contribution in [3.8, 4) is 0 Å². The normalized spacial score (nSPS) is 10.5. The number of nitrogens with one attached hydrogen (secondary N) is 2. The molecule has 0 radical (unpaired) electrons. The van der Waals surface area contributed by atoms with Crippen molar-refractivity contribution in [1.82, 2.24) is 25.5 Å². The zero-order chi connectivity index (χ0) is 17.4. The summed E-state index contributed by atoms with van der Waals surface area (Å²) in [7, 11) is 3.86. The van der Waals surface area contributed by atoms with Crippen LogP contribution in [0, 0.1) is 0 Å². The Morgan fingerprint density at radius 3 is 2.50 bits per heavy atom. The molecule has 0 aliphatic rings. The van der Waals surface area contributed by atoms with E-state index in [-0.39, 0.29) is 17.5 Å². The number of carbonyl (C=O) groups is 2. The van der Waals surface area contributed by atoms with Gasteiger partial charge in [0.2, 0.25) is 0 Å². The Morgan fingerprint density at radius 1 is 1.04 bits per heavy atom. The number of rotatable bonds is 7. The third-order valence-electron chi connectivity index (χ3n) is 3.30. The highest BCUT2D eigenvalue weighted by atomic mass is 16.2. The summed E-state index contributed by atoms with van der Waals surface area (Å²) in [4.78, 5) is 34.2. The predicted molar refractivity (Wildman–Crippen MR) is 90.5 cm³/mol. The Hall–Kier alpha value is -2.80. The van der Waals surface area contributed by atoms with Crippen LogP contribution in [0.2, 0.25) is 0 Å². The van der Waals surface area contributed by atoms with Gasteiger partial charge in [-0.05, 0) is 43.9 Å². The minimum absolute atomic E-state index is 0.227. The summed E-state index contributed by atoms with van der Waals surface area (Å²) in [6.45, 7) is 1.65. The van der Waals surface area contributed by atoms with Crippen LogP contribution in [0.5, 0.6) is 0 Å². The first-order valence-electron chi connectivity index (χ1n) is 7.62. The fraction of sp³-hybridized carbons (Fsp3) is 0.294. The second-order valence-corrected chi connectivity index (χ2v) is 5.53. The largest absolute Gasteiger partial charge is 0.349 e. The summed E-state index contributed by atoms with van der Waals surface area (Å²) < 4.78 is 0. The van der Waals surface area contributed by atoms with Crippen LogP contribution in [0.3, 0.4) is 0 Å². The monoisotopic (exact) mass is 327 g/mol. The van der Waals surface area contributed by atoms with E-state index in [1.54, 1.807) is 18.5 Å². The van der Waals surface area contributed by atoms with Crippen LogP contribution in [-0.2, 0) is 6.54 Å². The van der Waals surface area contributed by atoms with E-state index >= 15 is 0 Å². The highest BCUT2D eigenvalue weighted by molar-refractivity contribution is 5.98. The lowest BCUT2D eigenvalue weighted by molar-refractivity contribution is 0.0946. The van der Waals surface area contributed by atoms with Crippen LogP contribution in [0.1, 0.15) is 26.4 Å². The van der Waals surface area contributed by atoms with Crippen molar-refractivity contribution in [3.05, 3.63) is 59.7 Å². The van der Waals surface area contributed by atoms with Gasteiger partial charge < -0.3 is 15.5 Å². The van der Waals surface area contributed by atoms with Gasteiger partial charge in [0.25, 0.3) is 11.8 Å². The molecular formula is C17H21N5O2. The van der Waals surface area contributed by atoms with E-state index < -0.39 is 0 Å². The molecule has 0 aliphatic carbocycles. The molecule has 2 N–H and O–H groups in total. The Kier molecular flexibility index (Phi) is 6.39. The lowest BCUT2D eigenvalue weighted by Crippen LogP contribution is -2.32. The smallest absolute Gasteiger partial charge is 0.269 e. The van der Waals surface area contributed by atoms with Gasteiger partial charge in [0.05, 0.1) is 0 Å². The molecule has 0 spiro atoms. The van der Waals surface area contributed by atoms with Crippen LogP contribution in [0.4, 0.5) is 0 Å². The third-order valence-corrected chi connectivity index (χ3v) is 3.30. The molecule has 0 fully saturated rings. The third kappa shape index (κ3) is 5.44. The van der Waals surface area contributed by atoms with E-state index in [4.69, 9.17) is 0 Å². The Bertz CT molecular complexity index is 688. The van der Waals surface area contributed by atoms with Crippen molar-refractivity contribution in [2.75, 3.05) is 27.2 Å². The van der Waals surface area contributed by atoms with Gasteiger partial charge >= 0.3 is 0 Å². The average molecular weight is 327 g/mol. The topological polar surface area (TPSA) is 87.2 Å². The first-order chi connectivity index (χ1) is 11.6. The van der Waals surface area contributed by atoms with Gasteiger partial charge in [-0.1, -0.05) is 0 Å². The quantitative estimate of drug-likeness (QED) is 0.781. The van der Waals surface area contributed by atoms with Gasteiger partial charge in [-0.25, -0.2) is 0 Å². The lowest BCUT2D eigenvalue weighted by Gasteiger charge is -2.10. The molecule has 0 unspecified atom stereocenters. The van der Waals surface area contributed by atoms with Crippen LogP contribution < -0.4 is 10.6 Å². The molecule has 0 atom stereocenters. The minimum Gasteiger partial charge on any atom is -0.349 e. The number of aromatic nitrogens is 2. The molecule has 0 bridgehead atoms. The van der Waals surface area contributed by atoms with Gasteiger partial charge in [-0.3, -0.25) is 19.6 Å². The highest BCUT2D eigenvalue weighted by Crippen LogP contribution is 2.03. The van der Waals surface area contributed by atoms with Gasteiger partial charge in [-0.2, -0.15) is 0 Å². The number of amides is 2. The molecule has 2 aromatic heterocycles. The second kappa shape index (κ2) is 8.73. The zero-order valence-corrected chi connectivity index (χ0v) is 13.8. The summed E-state index contributed by atoms with van der Waals surface area (Å²) >= 11 is 0.